The Labute approximate surface area is 148 Å². The zero-order valence-corrected chi connectivity index (χ0v) is 15.4. The summed E-state index contributed by atoms with van der Waals surface area (Å²) in [5, 5.41) is 6.18. The van der Waals surface area contributed by atoms with E-state index in [9.17, 15) is 4.21 Å². The second-order valence-electron chi connectivity index (χ2n) is 4.95. The van der Waals surface area contributed by atoms with Gasteiger partial charge in [-0.15, -0.1) is 0 Å². The van der Waals surface area contributed by atoms with Crippen LogP contribution in [0.15, 0.2) is 41.3 Å². The van der Waals surface area contributed by atoms with Crippen molar-refractivity contribution in [2.24, 2.45) is 5.14 Å². The van der Waals surface area contributed by atoms with Crippen molar-refractivity contribution in [1.29, 1.82) is 0 Å². The zero-order chi connectivity index (χ0) is 16.8. The highest BCUT2D eigenvalue weighted by Crippen LogP contribution is 2.26. The Kier molecular flexibility index (Phi) is 6.77. The molecule has 0 bridgehead atoms. The molecular formula is C16H19ClN2O2S2. The molecule has 0 aliphatic rings. The van der Waals surface area contributed by atoms with E-state index in [1.165, 1.54) is 11.9 Å². The Bertz CT molecular complexity index is 710. The molecule has 0 aromatic heterocycles. The highest BCUT2D eigenvalue weighted by atomic mass is 35.5. The highest BCUT2D eigenvalue weighted by molar-refractivity contribution is 8.00. The minimum absolute atomic E-state index is 0.613. The molecule has 0 saturated carbocycles. The molecule has 4 nitrogen and oxygen atoms in total. The van der Waals surface area contributed by atoms with Gasteiger partial charge in [-0.1, -0.05) is 35.7 Å². The van der Waals surface area contributed by atoms with Crippen LogP contribution in [0.4, 0.5) is 5.69 Å². The molecule has 0 radical (unpaired) electrons. The number of hydrogen-bond acceptors (Lipinski definition) is 4. The summed E-state index contributed by atoms with van der Waals surface area (Å²) in [6, 6.07) is 11.3. The largest absolute Gasteiger partial charge is 0.496 e. The number of aryl methyl sites for hydroxylation is 2. The van der Waals surface area contributed by atoms with Crippen molar-refractivity contribution in [1.82, 2.24) is 0 Å². The van der Waals surface area contributed by atoms with Crippen LogP contribution in [0.1, 0.15) is 11.1 Å². The van der Waals surface area contributed by atoms with Crippen molar-refractivity contribution in [2.45, 2.75) is 18.2 Å². The quantitative estimate of drug-likeness (QED) is 0.572. The average molecular weight is 371 g/mol. The number of anilines is 1. The van der Waals surface area contributed by atoms with Gasteiger partial charge in [-0.3, -0.25) is 0 Å². The fourth-order valence-corrected chi connectivity index (χ4v) is 3.72. The number of rotatable bonds is 7. The molecule has 7 heteroatoms. The Morgan fingerprint density at radius 2 is 2.09 bits per heavy atom. The lowest BCUT2D eigenvalue weighted by atomic mass is 10.1. The third kappa shape index (κ3) is 5.14. The first-order valence-electron chi connectivity index (χ1n) is 6.98. The van der Waals surface area contributed by atoms with Crippen LogP contribution in [0, 0.1) is 6.92 Å². The summed E-state index contributed by atoms with van der Waals surface area (Å²) in [6.45, 7) is 1.94. The highest BCUT2D eigenvalue weighted by Gasteiger charge is 2.08. The Morgan fingerprint density at radius 3 is 2.78 bits per heavy atom. The van der Waals surface area contributed by atoms with E-state index in [4.69, 9.17) is 21.5 Å². The van der Waals surface area contributed by atoms with Crippen LogP contribution in [0.25, 0.3) is 0 Å². The van der Waals surface area contributed by atoms with Crippen molar-refractivity contribution < 1.29 is 8.95 Å². The average Bonchev–Trinajstić information content (AvgIpc) is 2.53. The van der Waals surface area contributed by atoms with Gasteiger partial charge < -0.3 is 9.46 Å². The van der Waals surface area contributed by atoms with Crippen molar-refractivity contribution in [2.75, 3.05) is 17.6 Å². The van der Waals surface area contributed by atoms with Gasteiger partial charge in [0.1, 0.15) is 16.7 Å². The van der Waals surface area contributed by atoms with Gasteiger partial charge in [0, 0.05) is 10.8 Å². The molecule has 0 heterocycles. The predicted molar refractivity (Wildman–Crippen MR) is 99.6 cm³/mol. The van der Waals surface area contributed by atoms with Crippen LogP contribution in [-0.4, -0.2) is 17.1 Å². The summed E-state index contributed by atoms with van der Waals surface area (Å²) in [5.41, 5.74) is 2.91. The van der Waals surface area contributed by atoms with E-state index in [0.29, 0.717) is 9.92 Å². The van der Waals surface area contributed by atoms with Gasteiger partial charge in [0.25, 0.3) is 0 Å². The second-order valence-corrected chi connectivity index (χ2v) is 7.33. The molecular weight excluding hydrogens is 352 g/mol. The second kappa shape index (κ2) is 8.59. The van der Waals surface area contributed by atoms with E-state index in [1.54, 1.807) is 7.11 Å². The molecule has 124 valence electrons. The Hall–Kier alpha value is -1.21. The SMILES string of the molecule is COc1cc(Cl)ccc1CCSNc1ccc(C)cc1S(N)=O. The molecule has 0 fully saturated rings. The molecule has 1 atom stereocenters. The van der Waals surface area contributed by atoms with Gasteiger partial charge in [-0.05, 0) is 48.7 Å². The summed E-state index contributed by atoms with van der Waals surface area (Å²) in [5.74, 6) is 1.61. The van der Waals surface area contributed by atoms with Gasteiger partial charge in [-0.2, -0.15) is 0 Å². The first-order chi connectivity index (χ1) is 11.0. The number of methoxy groups -OCH3 is 1. The normalized spacial score (nSPS) is 12.0. The van der Waals surface area contributed by atoms with Gasteiger partial charge >= 0.3 is 0 Å². The Balaban J connectivity index is 1.95. The summed E-state index contributed by atoms with van der Waals surface area (Å²) in [4.78, 5) is 0.613. The third-order valence-corrected chi connectivity index (χ3v) is 5.04. The summed E-state index contributed by atoms with van der Waals surface area (Å²) >= 11 is 7.49. The minimum atomic E-state index is -1.51. The molecule has 3 N–H and O–H groups in total. The maximum absolute atomic E-state index is 11.6. The maximum atomic E-state index is 11.6. The molecule has 0 spiro atoms. The van der Waals surface area contributed by atoms with Crippen LogP contribution in [0.2, 0.25) is 5.02 Å². The molecule has 2 rings (SSSR count). The molecule has 2 aromatic carbocycles. The van der Waals surface area contributed by atoms with Crippen LogP contribution < -0.4 is 14.6 Å². The number of nitrogens with one attached hydrogen (secondary N) is 1. The fourth-order valence-electron chi connectivity index (χ4n) is 2.10. The molecule has 2 aromatic rings. The number of halogens is 1. The van der Waals surface area contributed by atoms with Crippen molar-refractivity contribution in [3.05, 3.63) is 52.5 Å². The molecule has 0 aliphatic heterocycles. The molecule has 23 heavy (non-hydrogen) atoms. The summed E-state index contributed by atoms with van der Waals surface area (Å²) < 4.78 is 20.2. The molecule has 0 amide bonds. The van der Waals surface area contributed by atoms with Crippen LogP contribution in [0.5, 0.6) is 5.75 Å². The van der Waals surface area contributed by atoms with E-state index in [1.807, 2.05) is 43.3 Å². The van der Waals surface area contributed by atoms with Crippen molar-refractivity contribution in [3.8, 4) is 5.75 Å². The van der Waals surface area contributed by atoms with Crippen LogP contribution in [-0.2, 0) is 17.4 Å². The van der Waals surface area contributed by atoms with Gasteiger partial charge in [0.2, 0.25) is 0 Å². The number of hydrogen-bond donors (Lipinski definition) is 2. The molecule has 0 aliphatic carbocycles. The standard InChI is InChI=1S/C16H19ClN2O2S2/c1-11-3-6-14(16(9-11)23(18)20)19-22-8-7-12-4-5-13(17)10-15(12)21-2/h3-6,9-10,19H,7-8,18H2,1-2H3. The summed E-state index contributed by atoms with van der Waals surface area (Å²) in [7, 11) is 0.124. The Morgan fingerprint density at radius 1 is 1.30 bits per heavy atom. The predicted octanol–water partition coefficient (Wildman–Crippen LogP) is 3.94. The molecule has 1 unspecified atom stereocenters. The van der Waals surface area contributed by atoms with Gasteiger partial charge in [-0.25, -0.2) is 9.35 Å². The smallest absolute Gasteiger partial charge is 0.124 e. The number of nitrogens with two attached hydrogens (primary N) is 1. The first kappa shape index (κ1) is 18.1. The van der Waals surface area contributed by atoms with Crippen molar-refractivity contribution >= 4 is 40.2 Å². The van der Waals surface area contributed by atoms with Crippen LogP contribution >= 0.6 is 23.5 Å². The minimum Gasteiger partial charge on any atom is -0.496 e. The lowest BCUT2D eigenvalue weighted by Crippen LogP contribution is -2.06. The topological polar surface area (TPSA) is 64.3 Å². The monoisotopic (exact) mass is 370 g/mol. The van der Waals surface area contributed by atoms with E-state index in [0.717, 1.165) is 34.7 Å². The van der Waals surface area contributed by atoms with Crippen LogP contribution in [0.3, 0.4) is 0 Å². The van der Waals surface area contributed by atoms with Gasteiger partial charge in [0.05, 0.1) is 17.7 Å². The first-order valence-corrected chi connectivity index (χ1v) is 9.56. The molecule has 0 saturated heterocycles. The van der Waals surface area contributed by atoms with Crippen molar-refractivity contribution in [3.63, 3.8) is 0 Å². The van der Waals surface area contributed by atoms with E-state index in [-0.39, 0.29) is 0 Å². The van der Waals surface area contributed by atoms with E-state index < -0.39 is 11.0 Å². The van der Waals surface area contributed by atoms with E-state index >= 15 is 0 Å². The lowest BCUT2D eigenvalue weighted by Gasteiger charge is -2.11. The van der Waals surface area contributed by atoms with Gasteiger partial charge in [0.15, 0.2) is 0 Å². The zero-order valence-electron chi connectivity index (χ0n) is 13.0. The lowest BCUT2D eigenvalue weighted by molar-refractivity contribution is 0.410. The maximum Gasteiger partial charge on any atom is 0.124 e. The number of ether oxygens (including phenoxy) is 1. The number of benzene rings is 2. The third-order valence-electron chi connectivity index (χ3n) is 3.26. The summed E-state index contributed by atoms with van der Waals surface area (Å²) in [6.07, 6.45) is 0.824. The fraction of sp³-hybridized carbons (Fsp3) is 0.250. The van der Waals surface area contributed by atoms with E-state index in [2.05, 4.69) is 4.72 Å².